The third-order valence-electron chi connectivity index (χ3n) is 2.12. The van der Waals surface area contributed by atoms with Crippen LogP contribution in [-0.4, -0.2) is 24.7 Å². The predicted molar refractivity (Wildman–Crippen MR) is 63.5 cm³/mol. The quantitative estimate of drug-likeness (QED) is 0.844. The summed E-state index contributed by atoms with van der Waals surface area (Å²) in [4.78, 5) is 1.50. The fourth-order valence-electron chi connectivity index (χ4n) is 1.33. The van der Waals surface area contributed by atoms with E-state index < -0.39 is 12.1 Å². The molecule has 0 aliphatic rings. The molecule has 0 saturated carbocycles. The second kappa shape index (κ2) is 5.85. The molecule has 0 aliphatic heterocycles. The average Bonchev–Trinajstić information content (AvgIpc) is 2.58. The molecule has 0 spiro atoms. The standard InChI is InChI=1S/C10H10BrF3N2S/c1-16(4-7-2-9(11)17-6-7)5-8(3-15)10(12,13)14/h2,6,8H,4-5H2,1H3. The molecule has 0 bridgehead atoms. The molecule has 1 aromatic rings. The smallest absolute Gasteiger partial charge is 0.300 e. The van der Waals surface area contributed by atoms with Gasteiger partial charge in [-0.05, 0) is 40.0 Å². The Labute approximate surface area is 110 Å². The molecular formula is C10H10BrF3N2S. The predicted octanol–water partition coefficient (Wildman–Crippen LogP) is 3.64. The van der Waals surface area contributed by atoms with Crippen LogP contribution in [0.25, 0.3) is 0 Å². The van der Waals surface area contributed by atoms with Crippen molar-refractivity contribution in [3.63, 3.8) is 0 Å². The Bertz CT molecular complexity index is 410. The van der Waals surface area contributed by atoms with E-state index in [-0.39, 0.29) is 6.54 Å². The minimum Gasteiger partial charge on any atom is -0.300 e. The van der Waals surface area contributed by atoms with Crippen LogP contribution in [0.4, 0.5) is 13.2 Å². The molecule has 1 atom stereocenters. The number of hydrogen-bond donors (Lipinski definition) is 0. The second-order valence-electron chi connectivity index (χ2n) is 3.68. The van der Waals surface area contributed by atoms with Crippen LogP contribution in [0.15, 0.2) is 15.2 Å². The van der Waals surface area contributed by atoms with Crippen LogP contribution in [0.3, 0.4) is 0 Å². The van der Waals surface area contributed by atoms with E-state index in [2.05, 4.69) is 15.9 Å². The van der Waals surface area contributed by atoms with Gasteiger partial charge in [0.25, 0.3) is 0 Å². The summed E-state index contributed by atoms with van der Waals surface area (Å²) in [7, 11) is 1.57. The zero-order valence-corrected chi connectivity index (χ0v) is 11.4. The maximum Gasteiger partial charge on any atom is 0.405 e. The summed E-state index contributed by atoms with van der Waals surface area (Å²) in [5.74, 6) is -1.94. The molecule has 0 amide bonds. The zero-order valence-electron chi connectivity index (χ0n) is 8.96. The molecule has 0 N–H and O–H groups in total. The SMILES string of the molecule is CN(Cc1csc(Br)c1)CC(C#N)C(F)(F)F. The van der Waals surface area contributed by atoms with Crippen molar-refractivity contribution in [1.29, 1.82) is 5.26 Å². The molecular weight excluding hydrogens is 317 g/mol. The van der Waals surface area contributed by atoms with Crippen molar-refractivity contribution in [3.05, 3.63) is 20.8 Å². The average molecular weight is 327 g/mol. The van der Waals surface area contributed by atoms with Gasteiger partial charge in [0.1, 0.15) is 0 Å². The summed E-state index contributed by atoms with van der Waals surface area (Å²) < 4.78 is 38.0. The van der Waals surface area contributed by atoms with Gasteiger partial charge in [-0.3, -0.25) is 0 Å². The lowest BCUT2D eigenvalue weighted by molar-refractivity contribution is -0.162. The zero-order chi connectivity index (χ0) is 13.1. The van der Waals surface area contributed by atoms with E-state index >= 15 is 0 Å². The Kier molecular flexibility index (Phi) is 4.98. The van der Waals surface area contributed by atoms with E-state index in [4.69, 9.17) is 5.26 Å². The summed E-state index contributed by atoms with van der Waals surface area (Å²) in [5, 5.41) is 10.3. The van der Waals surface area contributed by atoms with Crippen molar-refractivity contribution in [2.45, 2.75) is 12.7 Å². The lowest BCUT2D eigenvalue weighted by Gasteiger charge is -2.20. The highest BCUT2D eigenvalue weighted by Gasteiger charge is 2.40. The van der Waals surface area contributed by atoms with Gasteiger partial charge in [-0.2, -0.15) is 18.4 Å². The van der Waals surface area contributed by atoms with Gasteiger partial charge in [-0.25, -0.2) is 0 Å². The van der Waals surface area contributed by atoms with Gasteiger partial charge >= 0.3 is 6.18 Å². The number of rotatable bonds is 4. The number of nitriles is 1. The molecule has 1 unspecified atom stereocenters. The van der Waals surface area contributed by atoms with Crippen molar-refractivity contribution < 1.29 is 13.2 Å². The Morgan fingerprint density at radius 1 is 1.59 bits per heavy atom. The van der Waals surface area contributed by atoms with Gasteiger partial charge in [0.15, 0.2) is 5.92 Å². The highest BCUT2D eigenvalue weighted by atomic mass is 79.9. The highest BCUT2D eigenvalue weighted by molar-refractivity contribution is 9.11. The maximum atomic E-state index is 12.4. The van der Waals surface area contributed by atoms with Crippen LogP contribution in [0.2, 0.25) is 0 Å². The molecule has 1 aromatic heterocycles. The molecule has 7 heteroatoms. The molecule has 0 saturated heterocycles. The topological polar surface area (TPSA) is 27.0 Å². The van der Waals surface area contributed by atoms with E-state index in [1.807, 2.05) is 11.4 Å². The number of halogens is 4. The number of nitrogens with zero attached hydrogens (tertiary/aromatic N) is 2. The van der Waals surface area contributed by atoms with Crippen LogP contribution in [-0.2, 0) is 6.54 Å². The van der Waals surface area contributed by atoms with Crippen LogP contribution < -0.4 is 0 Å². The van der Waals surface area contributed by atoms with Gasteiger partial charge in [0.2, 0.25) is 0 Å². The number of alkyl halides is 3. The Morgan fingerprint density at radius 2 is 2.24 bits per heavy atom. The van der Waals surface area contributed by atoms with E-state index in [0.717, 1.165) is 9.35 Å². The molecule has 0 radical (unpaired) electrons. The minimum atomic E-state index is -4.46. The molecule has 2 nitrogen and oxygen atoms in total. The van der Waals surface area contributed by atoms with Crippen LogP contribution in [0.5, 0.6) is 0 Å². The van der Waals surface area contributed by atoms with Crippen molar-refractivity contribution in [2.24, 2.45) is 5.92 Å². The third kappa shape index (κ3) is 4.66. The first-order chi connectivity index (χ1) is 7.82. The molecule has 17 heavy (non-hydrogen) atoms. The summed E-state index contributed by atoms with van der Waals surface area (Å²) in [6, 6.07) is 3.15. The summed E-state index contributed by atoms with van der Waals surface area (Å²) in [6.45, 7) is 0.0871. The monoisotopic (exact) mass is 326 g/mol. The van der Waals surface area contributed by atoms with Crippen molar-refractivity contribution in [1.82, 2.24) is 4.90 Å². The first-order valence-corrected chi connectivity index (χ1v) is 6.38. The van der Waals surface area contributed by atoms with Crippen LogP contribution in [0, 0.1) is 17.2 Å². The van der Waals surface area contributed by atoms with Crippen molar-refractivity contribution >= 4 is 27.3 Å². The normalized spacial score (nSPS) is 13.7. The lowest BCUT2D eigenvalue weighted by atomic mass is 10.1. The van der Waals surface area contributed by atoms with E-state index in [0.29, 0.717) is 6.54 Å². The largest absolute Gasteiger partial charge is 0.405 e. The molecule has 0 fully saturated rings. The Balaban J connectivity index is 2.55. The lowest BCUT2D eigenvalue weighted by Crippen LogP contribution is -2.33. The van der Waals surface area contributed by atoms with E-state index in [1.54, 1.807) is 7.05 Å². The second-order valence-corrected chi connectivity index (χ2v) is 5.97. The van der Waals surface area contributed by atoms with Crippen LogP contribution in [0.1, 0.15) is 5.56 Å². The number of thiophene rings is 1. The van der Waals surface area contributed by atoms with Gasteiger partial charge in [-0.15, -0.1) is 11.3 Å². The molecule has 0 aromatic carbocycles. The molecule has 1 heterocycles. The minimum absolute atomic E-state index is 0.312. The van der Waals surface area contributed by atoms with Crippen molar-refractivity contribution in [3.8, 4) is 6.07 Å². The van der Waals surface area contributed by atoms with Gasteiger partial charge in [0, 0.05) is 13.1 Å². The Morgan fingerprint density at radius 3 is 2.65 bits per heavy atom. The Hall–Kier alpha value is -0.580. The van der Waals surface area contributed by atoms with E-state index in [9.17, 15) is 13.2 Å². The summed E-state index contributed by atoms with van der Waals surface area (Å²) in [6.07, 6.45) is -4.46. The summed E-state index contributed by atoms with van der Waals surface area (Å²) >= 11 is 4.77. The van der Waals surface area contributed by atoms with Gasteiger partial charge in [0.05, 0.1) is 9.86 Å². The molecule has 1 rings (SSSR count). The fraction of sp³-hybridized carbons (Fsp3) is 0.500. The highest BCUT2D eigenvalue weighted by Crippen LogP contribution is 2.27. The first kappa shape index (κ1) is 14.5. The number of hydrogen-bond acceptors (Lipinski definition) is 3. The molecule has 0 aliphatic carbocycles. The summed E-state index contributed by atoms with van der Waals surface area (Å²) in [5.41, 5.74) is 0.934. The van der Waals surface area contributed by atoms with Crippen LogP contribution >= 0.6 is 27.3 Å². The fourth-order valence-corrected chi connectivity index (χ4v) is 2.53. The van der Waals surface area contributed by atoms with Crippen molar-refractivity contribution in [2.75, 3.05) is 13.6 Å². The van der Waals surface area contributed by atoms with Gasteiger partial charge < -0.3 is 4.90 Å². The van der Waals surface area contributed by atoms with E-state index in [1.165, 1.54) is 22.3 Å². The third-order valence-corrected chi connectivity index (χ3v) is 3.67. The molecule has 94 valence electrons. The first-order valence-electron chi connectivity index (χ1n) is 4.70. The maximum absolute atomic E-state index is 12.4. The van der Waals surface area contributed by atoms with Gasteiger partial charge in [-0.1, -0.05) is 0 Å².